The Morgan fingerprint density at radius 3 is 2.68 bits per heavy atom. The lowest BCUT2D eigenvalue weighted by Crippen LogP contribution is -2.26. The average molecular weight is 339 g/mol. The molecule has 0 fully saturated rings. The lowest BCUT2D eigenvalue weighted by molar-refractivity contribution is -0.116. The molecule has 2 aromatic rings. The van der Waals surface area contributed by atoms with Crippen LogP contribution in [0.4, 0.5) is 0 Å². The summed E-state index contributed by atoms with van der Waals surface area (Å²) in [6.45, 7) is 4.00. The second-order valence-electron chi connectivity index (χ2n) is 5.69. The minimum Gasteiger partial charge on any atom is -0.492 e. The van der Waals surface area contributed by atoms with Crippen molar-refractivity contribution in [1.29, 1.82) is 0 Å². The molecule has 0 bridgehead atoms. The Kier molecular flexibility index (Phi) is 5.57. The first-order valence-electron chi connectivity index (χ1n) is 8.26. The minimum atomic E-state index is -0.164. The fourth-order valence-electron chi connectivity index (χ4n) is 2.37. The van der Waals surface area contributed by atoms with Crippen molar-refractivity contribution in [2.75, 3.05) is 26.4 Å². The standard InChI is InChI=1S/C20H21NO4/c1-15-2-6-17(7-3-15)23-11-10-21-20(22)9-5-16-4-8-18-19(14-16)25-13-12-24-18/h2-9,14H,10-13H2,1H3,(H,21,22)/b9-5+. The van der Waals surface area contributed by atoms with Gasteiger partial charge in [-0.2, -0.15) is 0 Å². The number of benzene rings is 2. The van der Waals surface area contributed by atoms with Gasteiger partial charge in [0, 0.05) is 6.08 Å². The van der Waals surface area contributed by atoms with Crippen molar-refractivity contribution < 1.29 is 19.0 Å². The third-order valence-corrected chi connectivity index (χ3v) is 3.68. The molecule has 0 radical (unpaired) electrons. The van der Waals surface area contributed by atoms with E-state index in [1.807, 2.05) is 49.4 Å². The van der Waals surface area contributed by atoms with E-state index in [4.69, 9.17) is 14.2 Å². The first-order valence-corrected chi connectivity index (χ1v) is 8.26. The number of hydrogen-bond donors (Lipinski definition) is 1. The molecule has 5 heteroatoms. The smallest absolute Gasteiger partial charge is 0.244 e. The topological polar surface area (TPSA) is 56.8 Å². The van der Waals surface area contributed by atoms with Crippen LogP contribution >= 0.6 is 0 Å². The van der Waals surface area contributed by atoms with Gasteiger partial charge in [0.2, 0.25) is 5.91 Å². The summed E-state index contributed by atoms with van der Waals surface area (Å²) in [6.07, 6.45) is 3.24. The number of rotatable bonds is 6. The molecule has 2 aromatic carbocycles. The third kappa shape index (κ3) is 5.01. The Hall–Kier alpha value is -2.95. The van der Waals surface area contributed by atoms with Crippen molar-refractivity contribution in [3.8, 4) is 17.2 Å². The van der Waals surface area contributed by atoms with Crippen molar-refractivity contribution >= 4 is 12.0 Å². The highest BCUT2D eigenvalue weighted by Crippen LogP contribution is 2.31. The molecule has 1 amide bonds. The molecule has 5 nitrogen and oxygen atoms in total. The van der Waals surface area contributed by atoms with E-state index in [0.29, 0.717) is 32.1 Å². The predicted octanol–water partition coefficient (Wildman–Crippen LogP) is 2.97. The molecule has 25 heavy (non-hydrogen) atoms. The van der Waals surface area contributed by atoms with Gasteiger partial charge in [-0.15, -0.1) is 0 Å². The van der Waals surface area contributed by atoms with Crippen LogP contribution in [0.25, 0.3) is 6.08 Å². The molecule has 0 aliphatic carbocycles. The van der Waals surface area contributed by atoms with Gasteiger partial charge in [0.25, 0.3) is 0 Å². The van der Waals surface area contributed by atoms with Gasteiger partial charge >= 0.3 is 0 Å². The summed E-state index contributed by atoms with van der Waals surface area (Å²) in [5.74, 6) is 2.08. The van der Waals surface area contributed by atoms with Crippen LogP contribution in [0, 0.1) is 6.92 Å². The van der Waals surface area contributed by atoms with Gasteiger partial charge in [-0.3, -0.25) is 4.79 Å². The van der Waals surface area contributed by atoms with Gasteiger partial charge in [0.15, 0.2) is 11.5 Å². The van der Waals surface area contributed by atoms with Crippen molar-refractivity contribution in [2.45, 2.75) is 6.92 Å². The third-order valence-electron chi connectivity index (χ3n) is 3.68. The summed E-state index contributed by atoms with van der Waals surface area (Å²) in [5.41, 5.74) is 2.07. The van der Waals surface area contributed by atoms with Gasteiger partial charge in [-0.05, 0) is 42.8 Å². The largest absolute Gasteiger partial charge is 0.492 e. The van der Waals surface area contributed by atoms with Crippen LogP contribution in [-0.2, 0) is 4.79 Å². The van der Waals surface area contributed by atoms with Crippen LogP contribution < -0.4 is 19.5 Å². The Bertz CT molecular complexity index is 753. The first kappa shape index (κ1) is 16.9. The Labute approximate surface area is 147 Å². The summed E-state index contributed by atoms with van der Waals surface area (Å²) in [7, 11) is 0. The van der Waals surface area contributed by atoms with E-state index in [-0.39, 0.29) is 5.91 Å². The quantitative estimate of drug-likeness (QED) is 0.649. The van der Waals surface area contributed by atoms with Crippen LogP contribution in [-0.4, -0.2) is 32.3 Å². The Morgan fingerprint density at radius 1 is 1.12 bits per heavy atom. The van der Waals surface area contributed by atoms with Crippen LogP contribution in [0.15, 0.2) is 48.5 Å². The molecule has 1 N–H and O–H groups in total. The maximum atomic E-state index is 11.9. The number of carbonyl (C=O) groups is 1. The molecule has 1 aliphatic heterocycles. The molecule has 0 saturated heterocycles. The van der Waals surface area contributed by atoms with E-state index in [2.05, 4.69) is 5.32 Å². The van der Waals surface area contributed by atoms with E-state index < -0.39 is 0 Å². The van der Waals surface area contributed by atoms with E-state index in [1.165, 1.54) is 11.6 Å². The number of hydrogen-bond acceptors (Lipinski definition) is 4. The molecule has 130 valence electrons. The highest BCUT2D eigenvalue weighted by Gasteiger charge is 2.10. The van der Waals surface area contributed by atoms with Crippen molar-refractivity contribution in [1.82, 2.24) is 5.32 Å². The molecule has 3 rings (SSSR count). The lowest BCUT2D eigenvalue weighted by atomic mass is 10.2. The summed E-state index contributed by atoms with van der Waals surface area (Å²) in [5, 5.41) is 2.79. The van der Waals surface area contributed by atoms with Crippen LogP contribution in [0.1, 0.15) is 11.1 Å². The molecule has 0 atom stereocenters. The van der Waals surface area contributed by atoms with E-state index in [1.54, 1.807) is 6.08 Å². The summed E-state index contributed by atoms with van der Waals surface area (Å²) in [4.78, 5) is 11.9. The Morgan fingerprint density at radius 2 is 1.88 bits per heavy atom. The predicted molar refractivity (Wildman–Crippen MR) is 96.1 cm³/mol. The van der Waals surface area contributed by atoms with Crippen LogP contribution in [0.2, 0.25) is 0 Å². The first-order chi connectivity index (χ1) is 12.2. The molecule has 1 heterocycles. The molecular formula is C20H21NO4. The van der Waals surface area contributed by atoms with E-state index in [0.717, 1.165) is 17.1 Å². The van der Waals surface area contributed by atoms with Gasteiger partial charge < -0.3 is 19.5 Å². The zero-order valence-electron chi connectivity index (χ0n) is 14.2. The number of aryl methyl sites for hydroxylation is 1. The van der Waals surface area contributed by atoms with Crippen molar-refractivity contribution in [3.63, 3.8) is 0 Å². The van der Waals surface area contributed by atoms with Gasteiger partial charge in [-0.25, -0.2) is 0 Å². The van der Waals surface area contributed by atoms with Crippen molar-refractivity contribution in [3.05, 3.63) is 59.7 Å². The fourth-order valence-corrected chi connectivity index (χ4v) is 2.37. The van der Waals surface area contributed by atoms with Gasteiger partial charge in [0.1, 0.15) is 25.6 Å². The monoisotopic (exact) mass is 339 g/mol. The minimum absolute atomic E-state index is 0.164. The number of nitrogens with one attached hydrogen (secondary N) is 1. The summed E-state index contributed by atoms with van der Waals surface area (Å²) < 4.78 is 16.6. The molecule has 0 saturated carbocycles. The summed E-state index contributed by atoms with van der Waals surface area (Å²) in [6, 6.07) is 13.4. The molecule has 1 aliphatic rings. The molecule has 0 spiro atoms. The molecular weight excluding hydrogens is 318 g/mol. The highest BCUT2D eigenvalue weighted by atomic mass is 16.6. The maximum absolute atomic E-state index is 11.9. The van der Waals surface area contributed by atoms with E-state index in [9.17, 15) is 4.79 Å². The SMILES string of the molecule is Cc1ccc(OCCNC(=O)/C=C/c2ccc3c(c2)OCCO3)cc1. The number of fused-ring (bicyclic) bond motifs is 1. The highest BCUT2D eigenvalue weighted by molar-refractivity contribution is 5.91. The zero-order valence-corrected chi connectivity index (χ0v) is 14.2. The fraction of sp³-hybridized carbons (Fsp3) is 0.250. The number of amides is 1. The number of ether oxygens (including phenoxy) is 3. The molecule has 0 unspecified atom stereocenters. The average Bonchev–Trinajstić information content (AvgIpc) is 2.65. The van der Waals surface area contributed by atoms with Crippen LogP contribution in [0.5, 0.6) is 17.2 Å². The lowest BCUT2D eigenvalue weighted by Gasteiger charge is -2.18. The number of carbonyl (C=O) groups excluding carboxylic acids is 1. The zero-order chi connectivity index (χ0) is 17.5. The van der Waals surface area contributed by atoms with Gasteiger partial charge in [-0.1, -0.05) is 23.8 Å². The normalized spacial score (nSPS) is 12.8. The second kappa shape index (κ2) is 8.24. The molecule has 0 aromatic heterocycles. The van der Waals surface area contributed by atoms with Crippen molar-refractivity contribution in [2.24, 2.45) is 0 Å². The van der Waals surface area contributed by atoms with Gasteiger partial charge in [0.05, 0.1) is 6.54 Å². The second-order valence-corrected chi connectivity index (χ2v) is 5.69. The summed E-state index contributed by atoms with van der Waals surface area (Å²) >= 11 is 0. The van der Waals surface area contributed by atoms with Crippen LogP contribution in [0.3, 0.4) is 0 Å². The Balaban J connectivity index is 1.42. The maximum Gasteiger partial charge on any atom is 0.244 e. The van der Waals surface area contributed by atoms with E-state index >= 15 is 0 Å².